The number of ketones is 1. The van der Waals surface area contributed by atoms with Crippen molar-refractivity contribution in [2.24, 2.45) is 4.99 Å². The number of nitrogens with one attached hydrogen (secondary N) is 1. The molecule has 33 heavy (non-hydrogen) atoms. The molecule has 4 rings (SSSR count). The number of benzene rings is 2. The van der Waals surface area contributed by atoms with Gasteiger partial charge in [0.05, 0.1) is 12.7 Å². The molecule has 1 atom stereocenters. The summed E-state index contributed by atoms with van der Waals surface area (Å²) in [6.45, 7) is 4.71. The average molecular weight is 445 g/mol. The van der Waals surface area contributed by atoms with E-state index in [2.05, 4.69) is 18.8 Å². The monoisotopic (exact) mass is 444 g/mol. The molecule has 5 heteroatoms. The highest BCUT2D eigenvalue weighted by Gasteiger charge is 2.30. The van der Waals surface area contributed by atoms with Crippen LogP contribution in [0, 0.1) is 6.92 Å². The van der Waals surface area contributed by atoms with Crippen LogP contribution in [0.5, 0.6) is 5.75 Å². The maximum absolute atomic E-state index is 13.1. The van der Waals surface area contributed by atoms with Crippen LogP contribution in [0.15, 0.2) is 64.9 Å². The summed E-state index contributed by atoms with van der Waals surface area (Å²) in [5, 5.41) is 12.0. The number of aliphatic imine (C=N–C) groups is 1. The van der Waals surface area contributed by atoms with Gasteiger partial charge in [0.25, 0.3) is 0 Å². The van der Waals surface area contributed by atoms with Crippen molar-refractivity contribution >= 4 is 22.4 Å². The summed E-state index contributed by atoms with van der Waals surface area (Å²) in [4.78, 5) is 21.3. The fraction of sp³-hybridized carbons (Fsp3) is 0.357. The molecule has 1 heterocycles. The highest BCUT2D eigenvalue weighted by molar-refractivity contribution is 6.23. The second-order valence-corrected chi connectivity index (χ2v) is 8.73. The van der Waals surface area contributed by atoms with E-state index in [1.165, 1.54) is 5.56 Å². The van der Waals surface area contributed by atoms with Gasteiger partial charge in [-0.05, 0) is 55.0 Å². The number of allylic oxidation sites excluding steroid dienone is 2. The number of hydrogen-bond donors (Lipinski definition) is 2. The van der Waals surface area contributed by atoms with Gasteiger partial charge in [0.15, 0.2) is 5.78 Å². The molecule has 0 bridgehead atoms. The second-order valence-electron chi connectivity index (χ2n) is 8.73. The molecule has 0 spiro atoms. The largest absolute Gasteiger partial charge is 0.511 e. The van der Waals surface area contributed by atoms with E-state index in [4.69, 9.17) is 9.73 Å². The summed E-state index contributed by atoms with van der Waals surface area (Å²) < 4.78 is 5.39. The number of aromatic nitrogens is 1. The van der Waals surface area contributed by atoms with E-state index < -0.39 is 0 Å². The fourth-order valence-corrected chi connectivity index (χ4v) is 4.82. The van der Waals surface area contributed by atoms with Crippen LogP contribution in [-0.2, 0) is 11.2 Å². The number of rotatable bonds is 8. The van der Waals surface area contributed by atoms with E-state index in [9.17, 15) is 9.90 Å². The Bertz CT molecular complexity index is 1200. The zero-order valence-corrected chi connectivity index (χ0v) is 19.6. The number of fused-ring (bicyclic) bond motifs is 1. The molecule has 0 saturated carbocycles. The fourth-order valence-electron chi connectivity index (χ4n) is 4.82. The second kappa shape index (κ2) is 10.1. The topological polar surface area (TPSA) is 74.7 Å². The number of aliphatic hydroxyl groups excluding tert-OH is 1. The molecular weight excluding hydrogens is 412 g/mol. The number of methoxy groups -OCH3 is 1. The zero-order valence-electron chi connectivity index (χ0n) is 19.6. The number of aliphatic hydroxyl groups is 1. The third-order valence-electron chi connectivity index (χ3n) is 6.48. The number of carbonyl (C=O) groups is 1. The summed E-state index contributed by atoms with van der Waals surface area (Å²) in [7, 11) is 1.67. The lowest BCUT2D eigenvalue weighted by atomic mass is 9.81. The Kier molecular flexibility index (Phi) is 6.97. The molecule has 3 aromatic rings. The highest BCUT2D eigenvalue weighted by Crippen LogP contribution is 2.34. The van der Waals surface area contributed by atoms with Crippen molar-refractivity contribution in [1.82, 2.24) is 4.98 Å². The van der Waals surface area contributed by atoms with Crippen LogP contribution in [0.3, 0.4) is 0 Å². The lowest BCUT2D eigenvalue weighted by Crippen LogP contribution is -2.24. The molecule has 0 saturated heterocycles. The molecule has 1 aliphatic rings. The van der Waals surface area contributed by atoms with Gasteiger partial charge in [-0.1, -0.05) is 43.7 Å². The first-order valence-corrected chi connectivity index (χ1v) is 11.7. The van der Waals surface area contributed by atoms with Gasteiger partial charge in [-0.15, -0.1) is 0 Å². The van der Waals surface area contributed by atoms with Gasteiger partial charge in [0, 0.05) is 41.7 Å². The number of aryl methyl sites for hydroxylation is 1. The molecule has 2 N–H and O–H groups in total. The Morgan fingerprint density at radius 1 is 1.18 bits per heavy atom. The van der Waals surface area contributed by atoms with E-state index in [1.807, 2.05) is 48.5 Å². The molecule has 0 fully saturated rings. The van der Waals surface area contributed by atoms with Gasteiger partial charge in [-0.2, -0.15) is 0 Å². The molecule has 0 radical (unpaired) electrons. The highest BCUT2D eigenvalue weighted by atomic mass is 16.5. The Hall–Kier alpha value is -3.34. The minimum Gasteiger partial charge on any atom is -0.511 e. The summed E-state index contributed by atoms with van der Waals surface area (Å²) in [5.41, 5.74) is 5.68. The quantitative estimate of drug-likeness (QED) is 0.405. The van der Waals surface area contributed by atoms with Gasteiger partial charge < -0.3 is 14.8 Å². The molecule has 0 aliphatic heterocycles. The summed E-state index contributed by atoms with van der Waals surface area (Å²) in [6.07, 6.45) is 3.19. The first kappa shape index (κ1) is 22.8. The van der Waals surface area contributed by atoms with Gasteiger partial charge in [-0.3, -0.25) is 9.79 Å². The van der Waals surface area contributed by atoms with Crippen LogP contribution in [0.25, 0.3) is 10.9 Å². The molecule has 1 aliphatic carbocycles. The number of aromatic amines is 1. The van der Waals surface area contributed by atoms with Gasteiger partial charge >= 0.3 is 0 Å². The van der Waals surface area contributed by atoms with Crippen LogP contribution in [0.1, 0.15) is 55.3 Å². The van der Waals surface area contributed by atoms with Crippen LogP contribution in [0.2, 0.25) is 0 Å². The normalized spacial score (nSPS) is 17.1. The molecule has 1 unspecified atom stereocenters. The van der Waals surface area contributed by atoms with E-state index in [0.717, 1.165) is 46.5 Å². The maximum Gasteiger partial charge on any atom is 0.168 e. The Balaban J connectivity index is 1.56. The van der Waals surface area contributed by atoms with Gasteiger partial charge in [0.1, 0.15) is 11.5 Å². The third kappa shape index (κ3) is 4.87. The molecule has 1 aromatic heterocycles. The van der Waals surface area contributed by atoms with Crippen molar-refractivity contribution in [2.45, 2.75) is 51.9 Å². The van der Waals surface area contributed by atoms with Crippen LogP contribution < -0.4 is 4.74 Å². The SMILES string of the molecule is CCCC(=NCCc1c(C)[nH]c2ccc(OC)cc12)C1=C(O)CC(c2ccccc2)CC1=O. The van der Waals surface area contributed by atoms with Crippen molar-refractivity contribution < 1.29 is 14.6 Å². The lowest BCUT2D eigenvalue weighted by Gasteiger charge is -2.24. The predicted molar refractivity (Wildman–Crippen MR) is 134 cm³/mol. The zero-order chi connectivity index (χ0) is 23.4. The van der Waals surface area contributed by atoms with Crippen molar-refractivity contribution in [2.75, 3.05) is 13.7 Å². The Morgan fingerprint density at radius 2 is 1.97 bits per heavy atom. The molecular formula is C28H32N2O3. The minimum atomic E-state index is -0.00665. The number of carbonyl (C=O) groups excluding carboxylic acids is 1. The van der Waals surface area contributed by atoms with Crippen molar-refractivity contribution in [3.05, 3.63) is 76.7 Å². The standard InChI is InChI=1S/C28H32N2O3/c1-4-8-25(28-26(31)15-20(16-27(28)32)19-9-6-5-7-10-19)29-14-13-22-18(2)30-24-12-11-21(33-3)17-23(22)24/h5-7,9-12,17,20,30-31H,4,8,13-16H2,1-3H3. The number of Topliss-reactive ketones (excluding diaryl/α,β-unsaturated/α-hetero) is 1. The third-order valence-corrected chi connectivity index (χ3v) is 6.48. The minimum absolute atomic E-state index is 0.00665. The number of H-pyrrole nitrogens is 1. The van der Waals surface area contributed by atoms with Crippen LogP contribution in [0.4, 0.5) is 0 Å². The first-order chi connectivity index (χ1) is 16.0. The van der Waals surface area contributed by atoms with E-state index in [0.29, 0.717) is 31.4 Å². The van der Waals surface area contributed by atoms with E-state index in [-0.39, 0.29) is 17.5 Å². The van der Waals surface area contributed by atoms with E-state index in [1.54, 1.807) is 7.11 Å². The number of nitrogens with zero attached hydrogens (tertiary/aromatic N) is 1. The molecule has 0 amide bonds. The van der Waals surface area contributed by atoms with Crippen molar-refractivity contribution in [3.63, 3.8) is 0 Å². The molecule has 172 valence electrons. The summed E-state index contributed by atoms with van der Waals surface area (Å²) in [6, 6.07) is 16.0. The van der Waals surface area contributed by atoms with Gasteiger partial charge in [-0.25, -0.2) is 0 Å². The molecule has 2 aromatic carbocycles. The van der Waals surface area contributed by atoms with Crippen molar-refractivity contribution in [3.8, 4) is 5.75 Å². The number of hydrogen-bond acceptors (Lipinski definition) is 4. The summed E-state index contributed by atoms with van der Waals surface area (Å²) in [5.74, 6) is 1.02. The summed E-state index contributed by atoms with van der Waals surface area (Å²) >= 11 is 0. The Labute approximate surface area is 195 Å². The van der Waals surface area contributed by atoms with Crippen LogP contribution >= 0.6 is 0 Å². The Morgan fingerprint density at radius 3 is 2.67 bits per heavy atom. The lowest BCUT2D eigenvalue weighted by molar-refractivity contribution is -0.116. The van der Waals surface area contributed by atoms with E-state index >= 15 is 0 Å². The maximum atomic E-state index is 13.1. The van der Waals surface area contributed by atoms with Gasteiger partial charge in [0.2, 0.25) is 0 Å². The smallest absolute Gasteiger partial charge is 0.168 e. The molecule has 5 nitrogen and oxygen atoms in total. The van der Waals surface area contributed by atoms with Crippen molar-refractivity contribution in [1.29, 1.82) is 0 Å². The first-order valence-electron chi connectivity index (χ1n) is 11.7. The number of ether oxygens (including phenoxy) is 1. The van der Waals surface area contributed by atoms with Crippen LogP contribution in [-0.4, -0.2) is 35.2 Å². The predicted octanol–water partition coefficient (Wildman–Crippen LogP) is 6.23. The average Bonchev–Trinajstić information content (AvgIpc) is 3.13.